The minimum absolute atomic E-state index is 0.0164. The van der Waals surface area contributed by atoms with Crippen LogP contribution >= 0.6 is 0 Å². The normalized spacial score (nSPS) is 13.8. The van der Waals surface area contributed by atoms with Gasteiger partial charge in [-0.05, 0) is 48.2 Å². The molecule has 0 atom stereocenters. The van der Waals surface area contributed by atoms with Crippen molar-refractivity contribution in [3.63, 3.8) is 0 Å². The third kappa shape index (κ3) is 4.99. The van der Waals surface area contributed by atoms with Gasteiger partial charge in [-0.3, -0.25) is 14.2 Å². The summed E-state index contributed by atoms with van der Waals surface area (Å²) >= 11 is 0. The van der Waals surface area contributed by atoms with Crippen molar-refractivity contribution < 1.29 is 9.59 Å². The summed E-state index contributed by atoms with van der Waals surface area (Å²) in [5.74, 6) is -0.239. The lowest BCUT2D eigenvalue weighted by Gasteiger charge is -2.33. The smallest absolute Gasteiger partial charge is 0.319 e. The summed E-state index contributed by atoms with van der Waals surface area (Å²) in [6.07, 6.45) is 4.71. The summed E-state index contributed by atoms with van der Waals surface area (Å²) in [6.45, 7) is 1.31. The maximum Gasteiger partial charge on any atom is 0.319 e. The molecule has 0 saturated carbocycles. The van der Waals surface area contributed by atoms with Gasteiger partial charge in [0.15, 0.2) is 5.82 Å². The molecule has 0 radical (unpaired) electrons. The number of rotatable bonds is 5. The molecule has 1 aliphatic heterocycles. The molecule has 2 aromatic carbocycles. The van der Waals surface area contributed by atoms with Crippen LogP contribution < -0.4 is 17.0 Å². The maximum atomic E-state index is 13.3. The van der Waals surface area contributed by atoms with Gasteiger partial charge in [0.25, 0.3) is 11.5 Å². The van der Waals surface area contributed by atoms with E-state index in [2.05, 4.69) is 16.1 Å². The van der Waals surface area contributed by atoms with E-state index in [4.69, 9.17) is 11.5 Å². The Hall–Kier alpha value is -5.45. The fraction of sp³-hybridized carbons (Fsp3) is 0.219. The highest BCUT2D eigenvalue weighted by Gasteiger charge is 2.28. The second-order valence-corrected chi connectivity index (χ2v) is 10.9. The highest BCUT2D eigenvalue weighted by atomic mass is 16.2. The number of hydrogen-bond donors (Lipinski definition) is 2. The third-order valence-corrected chi connectivity index (χ3v) is 8.06. The van der Waals surface area contributed by atoms with Crippen molar-refractivity contribution in [2.75, 3.05) is 32.9 Å². The zero-order valence-electron chi connectivity index (χ0n) is 24.0. The van der Waals surface area contributed by atoms with Crippen molar-refractivity contribution in [3.8, 4) is 27.9 Å². The first kappa shape index (κ1) is 27.7. The molecule has 4 N–H and O–H groups in total. The number of benzene rings is 2. The number of nitrogen functional groups attached to an aromatic ring is 1. The Labute approximate surface area is 248 Å². The number of anilines is 1. The standard InChI is InChI=1S/C32H32N8O3/c1-37(2)32(43)38-15-12-22(13-16-38)26-18-25(28-29(33)35-19-36-40(26)28)21-10-8-20(9-11-21)24-14-17-39(23-6-4-3-5-7-23)31(42)27(24)30(34)41/h3-11,14,17-19,22H,12-13,15-16H2,1-2H3,(H2,34,41)(H2,33,35,36). The van der Waals surface area contributed by atoms with Gasteiger partial charge >= 0.3 is 6.03 Å². The SMILES string of the molecule is CN(C)C(=O)N1CCC(c2cc(-c3ccc(-c4ccn(-c5ccccc5)c(=O)c4C(N)=O)cc3)c3c(N)ncnn23)CC1. The van der Waals surface area contributed by atoms with Crippen molar-refractivity contribution in [2.24, 2.45) is 5.73 Å². The topological polar surface area (TPSA) is 145 Å². The molecule has 1 fully saturated rings. The Morgan fingerprint density at radius 1 is 0.930 bits per heavy atom. The minimum Gasteiger partial charge on any atom is -0.382 e. The zero-order chi connectivity index (χ0) is 30.2. The second kappa shape index (κ2) is 11.1. The average Bonchev–Trinajstić information content (AvgIpc) is 3.42. The van der Waals surface area contributed by atoms with E-state index < -0.39 is 11.5 Å². The summed E-state index contributed by atoms with van der Waals surface area (Å²) in [7, 11) is 3.53. The first-order valence-electron chi connectivity index (χ1n) is 14.0. The summed E-state index contributed by atoms with van der Waals surface area (Å²) in [5, 5.41) is 4.53. The van der Waals surface area contributed by atoms with Gasteiger partial charge in [0.1, 0.15) is 17.4 Å². The van der Waals surface area contributed by atoms with Gasteiger partial charge in [0, 0.05) is 61.8 Å². The molecule has 1 aliphatic rings. The lowest BCUT2D eigenvalue weighted by atomic mass is 9.93. The third-order valence-electron chi connectivity index (χ3n) is 8.06. The van der Waals surface area contributed by atoms with Crippen molar-refractivity contribution >= 4 is 23.3 Å². The minimum atomic E-state index is -0.791. The molecule has 0 bridgehead atoms. The van der Waals surface area contributed by atoms with Crippen molar-refractivity contribution in [3.05, 3.63) is 101 Å². The molecule has 43 heavy (non-hydrogen) atoms. The van der Waals surface area contributed by atoms with Gasteiger partial charge < -0.3 is 21.3 Å². The number of pyridine rings is 1. The molecular weight excluding hydrogens is 544 g/mol. The molecule has 3 aromatic heterocycles. The molecule has 3 amide bonds. The molecule has 6 rings (SSSR count). The van der Waals surface area contributed by atoms with Crippen LogP contribution in [0, 0.1) is 0 Å². The summed E-state index contributed by atoms with van der Waals surface area (Å²) in [5.41, 5.74) is 16.8. The predicted molar refractivity (Wildman–Crippen MR) is 165 cm³/mol. The highest BCUT2D eigenvalue weighted by molar-refractivity contribution is 6.00. The largest absolute Gasteiger partial charge is 0.382 e. The van der Waals surface area contributed by atoms with Gasteiger partial charge in [0.05, 0.1) is 0 Å². The molecule has 0 aliphatic carbocycles. The summed E-state index contributed by atoms with van der Waals surface area (Å²) < 4.78 is 3.27. The van der Waals surface area contributed by atoms with Gasteiger partial charge in [0.2, 0.25) is 0 Å². The number of primary amides is 1. The summed E-state index contributed by atoms with van der Waals surface area (Å²) in [6, 6.07) is 20.5. The number of aromatic nitrogens is 4. The zero-order valence-corrected chi connectivity index (χ0v) is 24.0. The molecular formula is C32H32N8O3. The number of amides is 3. The van der Waals surface area contributed by atoms with E-state index in [1.807, 2.05) is 51.9 Å². The number of nitrogens with zero attached hydrogens (tertiary/aromatic N) is 6. The number of carbonyl (C=O) groups is 2. The number of likely N-dealkylation sites (tertiary alicyclic amines) is 1. The number of urea groups is 1. The Balaban J connectivity index is 1.36. The average molecular weight is 577 g/mol. The van der Waals surface area contributed by atoms with Crippen molar-refractivity contribution in [1.82, 2.24) is 29.0 Å². The van der Waals surface area contributed by atoms with Gasteiger partial charge in [-0.2, -0.15) is 5.10 Å². The van der Waals surface area contributed by atoms with Gasteiger partial charge in [-0.15, -0.1) is 0 Å². The van der Waals surface area contributed by atoms with E-state index in [0.717, 1.165) is 29.7 Å². The molecule has 11 heteroatoms. The van der Waals surface area contributed by atoms with E-state index in [0.29, 0.717) is 41.2 Å². The monoisotopic (exact) mass is 576 g/mol. The molecule has 0 unspecified atom stereocenters. The molecule has 0 spiro atoms. The van der Waals surface area contributed by atoms with Crippen LogP contribution in [0.25, 0.3) is 33.5 Å². The van der Waals surface area contributed by atoms with Gasteiger partial charge in [-0.1, -0.05) is 42.5 Å². The molecule has 4 heterocycles. The first-order valence-corrected chi connectivity index (χ1v) is 14.0. The van der Waals surface area contributed by atoms with Crippen LogP contribution in [0.3, 0.4) is 0 Å². The fourth-order valence-corrected chi connectivity index (χ4v) is 5.89. The highest BCUT2D eigenvalue weighted by Crippen LogP contribution is 2.37. The number of carbonyl (C=O) groups excluding carboxylic acids is 2. The molecule has 1 saturated heterocycles. The number of para-hydroxylation sites is 1. The van der Waals surface area contributed by atoms with Crippen LogP contribution in [0.4, 0.5) is 10.6 Å². The lowest BCUT2D eigenvalue weighted by Crippen LogP contribution is -2.43. The van der Waals surface area contributed by atoms with Crippen LogP contribution in [0.1, 0.15) is 34.8 Å². The van der Waals surface area contributed by atoms with Gasteiger partial charge in [-0.25, -0.2) is 14.3 Å². The lowest BCUT2D eigenvalue weighted by molar-refractivity contribution is 0.0999. The van der Waals surface area contributed by atoms with E-state index in [1.54, 1.807) is 43.4 Å². The quantitative estimate of drug-likeness (QED) is 0.326. The predicted octanol–water partition coefficient (Wildman–Crippen LogP) is 3.76. The van der Waals surface area contributed by atoms with Crippen LogP contribution in [-0.4, -0.2) is 68.1 Å². The fourth-order valence-electron chi connectivity index (χ4n) is 5.89. The first-order chi connectivity index (χ1) is 20.7. The Morgan fingerprint density at radius 3 is 2.21 bits per heavy atom. The Bertz CT molecular complexity index is 1890. The van der Waals surface area contributed by atoms with Crippen molar-refractivity contribution in [1.29, 1.82) is 0 Å². The molecule has 11 nitrogen and oxygen atoms in total. The van der Waals surface area contributed by atoms with Crippen LogP contribution in [0.5, 0.6) is 0 Å². The number of hydrogen-bond acceptors (Lipinski definition) is 6. The number of nitrogens with two attached hydrogens (primary N) is 2. The number of fused-ring (bicyclic) bond motifs is 1. The van der Waals surface area contributed by atoms with Crippen molar-refractivity contribution in [2.45, 2.75) is 18.8 Å². The molecule has 218 valence electrons. The van der Waals surface area contributed by atoms with Crippen LogP contribution in [0.2, 0.25) is 0 Å². The van der Waals surface area contributed by atoms with E-state index in [1.165, 1.54) is 10.9 Å². The van der Waals surface area contributed by atoms with E-state index in [-0.39, 0.29) is 17.5 Å². The second-order valence-electron chi connectivity index (χ2n) is 10.9. The van der Waals surface area contributed by atoms with Crippen LogP contribution in [-0.2, 0) is 0 Å². The van der Waals surface area contributed by atoms with Crippen LogP contribution in [0.15, 0.2) is 84.0 Å². The maximum absolute atomic E-state index is 13.3. The van der Waals surface area contributed by atoms with E-state index in [9.17, 15) is 14.4 Å². The Morgan fingerprint density at radius 2 is 1.58 bits per heavy atom. The summed E-state index contributed by atoms with van der Waals surface area (Å²) in [4.78, 5) is 46.0. The molecule has 5 aromatic rings. The number of piperidine rings is 1. The Kier molecular flexibility index (Phi) is 7.14. The van der Waals surface area contributed by atoms with E-state index >= 15 is 0 Å².